The SMILES string of the molecule is CC(C)C(=O)C(=O)c1ccc(O)c2c1CC1CC3C(N(C)C)C(=O)C(C(N)=O)C(=O)C3(O)C(=O)C1C2=O. The van der Waals surface area contributed by atoms with Gasteiger partial charge in [-0.2, -0.15) is 0 Å². The number of ketones is 6. The zero-order chi connectivity index (χ0) is 27.7. The molecule has 0 aliphatic heterocycles. The van der Waals surface area contributed by atoms with E-state index in [4.69, 9.17) is 5.73 Å². The Kier molecular flexibility index (Phi) is 6.28. The van der Waals surface area contributed by atoms with Crippen LogP contribution in [0.1, 0.15) is 46.5 Å². The molecule has 6 atom stereocenters. The fourth-order valence-corrected chi connectivity index (χ4v) is 6.21. The summed E-state index contributed by atoms with van der Waals surface area (Å²) in [6.07, 6.45) is -0.238. The van der Waals surface area contributed by atoms with Gasteiger partial charge < -0.3 is 15.9 Å². The van der Waals surface area contributed by atoms with Gasteiger partial charge in [0.15, 0.2) is 34.7 Å². The fraction of sp³-hybridized carbons (Fsp3) is 0.500. The quantitative estimate of drug-likeness (QED) is 0.258. The molecule has 0 heterocycles. The maximum absolute atomic E-state index is 13.7. The third-order valence-corrected chi connectivity index (χ3v) is 7.94. The largest absolute Gasteiger partial charge is 0.507 e. The van der Waals surface area contributed by atoms with Crippen molar-refractivity contribution in [1.82, 2.24) is 4.90 Å². The van der Waals surface area contributed by atoms with E-state index in [1.54, 1.807) is 13.8 Å². The van der Waals surface area contributed by atoms with Crippen LogP contribution in [0.4, 0.5) is 0 Å². The van der Waals surface area contributed by atoms with Gasteiger partial charge in [-0.25, -0.2) is 0 Å². The minimum absolute atomic E-state index is 0.0691. The van der Waals surface area contributed by atoms with Crippen LogP contribution in [0, 0.1) is 29.6 Å². The fourth-order valence-electron chi connectivity index (χ4n) is 6.21. The first-order valence-corrected chi connectivity index (χ1v) is 11.9. The van der Waals surface area contributed by atoms with Crippen molar-refractivity contribution in [1.29, 1.82) is 0 Å². The molecule has 3 aliphatic carbocycles. The van der Waals surface area contributed by atoms with Gasteiger partial charge in [0.1, 0.15) is 5.75 Å². The molecule has 3 aliphatic rings. The smallest absolute Gasteiger partial charge is 0.235 e. The Labute approximate surface area is 212 Å². The topological polar surface area (TPSA) is 189 Å². The van der Waals surface area contributed by atoms with Crippen LogP contribution >= 0.6 is 0 Å². The lowest BCUT2D eigenvalue weighted by Crippen LogP contribution is -2.74. The summed E-state index contributed by atoms with van der Waals surface area (Å²) in [4.78, 5) is 92.4. The van der Waals surface area contributed by atoms with Crippen LogP contribution in [0.3, 0.4) is 0 Å². The predicted octanol–water partition coefficient (Wildman–Crippen LogP) is -0.725. The molecule has 2 fully saturated rings. The Hall–Kier alpha value is -3.57. The Morgan fingerprint density at radius 1 is 1.08 bits per heavy atom. The Morgan fingerprint density at radius 2 is 1.70 bits per heavy atom. The number of amides is 1. The van der Waals surface area contributed by atoms with Gasteiger partial charge in [-0.3, -0.25) is 38.5 Å². The van der Waals surface area contributed by atoms with Crippen LogP contribution in [0.5, 0.6) is 5.75 Å². The number of Topliss-reactive ketones (excluding diaryl/α,β-unsaturated/α-hetero) is 6. The van der Waals surface area contributed by atoms with Gasteiger partial charge in [0, 0.05) is 17.4 Å². The summed E-state index contributed by atoms with van der Waals surface area (Å²) >= 11 is 0. The minimum atomic E-state index is -2.83. The molecule has 1 amide bonds. The van der Waals surface area contributed by atoms with Crippen molar-refractivity contribution < 1.29 is 43.8 Å². The number of phenols is 1. The third kappa shape index (κ3) is 3.59. The zero-order valence-electron chi connectivity index (χ0n) is 20.8. The molecule has 0 radical (unpaired) electrons. The molecule has 0 spiro atoms. The molecule has 1 aromatic carbocycles. The molecule has 0 aromatic heterocycles. The maximum Gasteiger partial charge on any atom is 0.235 e. The summed E-state index contributed by atoms with van der Waals surface area (Å²) in [5, 5.41) is 22.0. The number of phenolic OH excluding ortho intramolecular Hbond substituents is 1. The van der Waals surface area contributed by atoms with Gasteiger partial charge >= 0.3 is 0 Å². The number of fused-ring (bicyclic) bond motifs is 3. The summed E-state index contributed by atoms with van der Waals surface area (Å²) in [7, 11) is 2.97. The standard InChI is InChI=1S/C26H28N2O9/c1-9(2)19(30)20(31)11-5-6-14(29)16-12(11)7-10-8-13-18(28(3)4)22(33)17(25(27)36)24(35)26(13,37)23(34)15(10)21(16)32/h5-6,9-10,13,15,17-18,29,37H,7-8H2,1-4H3,(H2,27,36). The molecule has 0 bridgehead atoms. The number of carbonyl (C=O) groups is 7. The Balaban J connectivity index is 1.87. The summed E-state index contributed by atoms with van der Waals surface area (Å²) in [6.45, 7) is 3.10. The van der Waals surface area contributed by atoms with Gasteiger partial charge in [-0.15, -0.1) is 0 Å². The first-order chi connectivity index (χ1) is 17.2. The zero-order valence-corrected chi connectivity index (χ0v) is 20.8. The second-order valence-electron chi connectivity index (χ2n) is 10.6. The van der Waals surface area contributed by atoms with E-state index in [0.29, 0.717) is 0 Å². The molecule has 11 heteroatoms. The number of nitrogens with zero attached hydrogens (tertiary/aromatic N) is 1. The first-order valence-electron chi connectivity index (χ1n) is 11.9. The molecular weight excluding hydrogens is 484 g/mol. The molecule has 4 N–H and O–H groups in total. The molecule has 1 aromatic rings. The Bertz CT molecular complexity index is 1300. The highest BCUT2D eigenvalue weighted by Crippen LogP contribution is 2.51. The molecule has 37 heavy (non-hydrogen) atoms. The van der Waals surface area contributed by atoms with Crippen LogP contribution in [0.2, 0.25) is 0 Å². The minimum Gasteiger partial charge on any atom is -0.507 e. The number of aliphatic hydroxyl groups is 1. The van der Waals surface area contributed by atoms with Crippen molar-refractivity contribution in [3.63, 3.8) is 0 Å². The second-order valence-corrected chi connectivity index (χ2v) is 10.6. The Morgan fingerprint density at radius 3 is 2.24 bits per heavy atom. The average Bonchev–Trinajstić information content (AvgIpc) is 2.80. The number of hydrogen-bond acceptors (Lipinski definition) is 10. The molecular formula is C26H28N2O9. The van der Waals surface area contributed by atoms with Crippen LogP contribution in [0.25, 0.3) is 0 Å². The van der Waals surface area contributed by atoms with E-state index in [9.17, 15) is 43.8 Å². The average molecular weight is 513 g/mol. The number of hydrogen-bond donors (Lipinski definition) is 3. The van der Waals surface area contributed by atoms with E-state index < -0.39 is 87.6 Å². The number of rotatable bonds is 5. The summed E-state index contributed by atoms with van der Waals surface area (Å²) in [6, 6.07) is 1.10. The van der Waals surface area contributed by atoms with E-state index in [0.717, 1.165) is 6.07 Å². The number of benzene rings is 1. The molecule has 0 saturated heterocycles. The lowest BCUT2D eigenvalue weighted by molar-refractivity contribution is -0.181. The van der Waals surface area contributed by atoms with Crippen LogP contribution in [-0.4, -0.2) is 81.5 Å². The van der Waals surface area contributed by atoms with Crippen molar-refractivity contribution in [3.8, 4) is 5.75 Å². The third-order valence-electron chi connectivity index (χ3n) is 7.94. The van der Waals surface area contributed by atoms with Gasteiger partial charge in [-0.1, -0.05) is 13.8 Å². The van der Waals surface area contributed by atoms with E-state index >= 15 is 0 Å². The lowest BCUT2D eigenvalue weighted by atomic mass is 9.52. The first kappa shape index (κ1) is 26.5. The van der Waals surface area contributed by atoms with Gasteiger partial charge in [0.05, 0.1) is 17.5 Å². The number of likely N-dealkylation sites (N-methyl/N-ethyl adjacent to an activating group) is 1. The van der Waals surface area contributed by atoms with Crippen molar-refractivity contribution in [3.05, 3.63) is 28.8 Å². The van der Waals surface area contributed by atoms with Crippen molar-refractivity contribution in [2.45, 2.75) is 38.3 Å². The van der Waals surface area contributed by atoms with Gasteiger partial charge in [-0.05, 0) is 50.6 Å². The lowest BCUT2D eigenvalue weighted by Gasteiger charge is -2.52. The molecule has 2 saturated carbocycles. The van der Waals surface area contributed by atoms with E-state index in [2.05, 4.69) is 0 Å². The van der Waals surface area contributed by atoms with Gasteiger partial charge in [0.2, 0.25) is 17.5 Å². The van der Waals surface area contributed by atoms with E-state index in [1.165, 1.54) is 25.1 Å². The second kappa shape index (κ2) is 8.77. The van der Waals surface area contributed by atoms with Crippen LogP contribution < -0.4 is 5.73 Å². The van der Waals surface area contributed by atoms with Crippen LogP contribution in [-0.2, 0) is 30.4 Å². The van der Waals surface area contributed by atoms with Crippen molar-refractivity contribution >= 4 is 40.6 Å². The summed E-state index contributed by atoms with van der Waals surface area (Å²) in [5.74, 6) is -14.0. The highest BCUT2D eigenvalue weighted by molar-refractivity contribution is 6.45. The van der Waals surface area contributed by atoms with Crippen LogP contribution in [0.15, 0.2) is 12.1 Å². The predicted molar refractivity (Wildman–Crippen MR) is 126 cm³/mol. The summed E-state index contributed by atoms with van der Waals surface area (Å²) < 4.78 is 0. The molecule has 6 unspecified atom stereocenters. The van der Waals surface area contributed by atoms with E-state index in [-0.39, 0.29) is 29.5 Å². The monoisotopic (exact) mass is 512 g/mol. The highest BCUT2D eigenvalue weighted by atomic mass is 16.3. The molecule has 4 rings (SSSR count). The number of aromatic hydroxyl groups is 1. The highest BCUT2D eigenvalue weighted by Gasteiger charge is 2.69. The van der Waals surface area contributed by atoms with Crippen molar-refractivity contribution in [2.24, 2.45) is 35.3 Å². The molecule has 196 valence electrons. The maximum atomic E-state index is 13.7. The number of carbonyl (C=O) groups excluding carboxylic acids is 7. The van der Waals surface area contributed by atoms with Gasteiger partial charge in [0.25, 0.3) is 0 Å². The summed E-state index contributed by atoms with van der Waals surface area (Å²) in [5.41, 5.74) is 2.17. The number of nitrogens with two attached hydrogens (primary N) is 1. The normalized spacial score (nSPS) is 31.2. The van der Waals surface area contributed by atoms with E-state index in [1.807, 2.05) is 0 Å². The van der Waals surface area contributed by atoms with Crippen molar-refractivity contribution in [2.75, 3.05) is 14.1 Å². The number of primary amides is 1. The molecule has 11 nitrogen and oxygen atoms in total.